The summed E-state index contributed by atoms with van der Waals surface area (Å²) in [7, 11) is 1.21. The maximum Gasteiger partial charge on any atom is 0.433 e. The first-order chi connectivity index (χ1) is 8.29. The van der Waals surface area contributed by atoms with Crippen LogP contribution < -0.4 is 5.73 Å². The van der Waals surface area contributed by atoms with Crippen molar-refractivity contribution in [1.29, 1.82) is 0 Å². The maximum atomic E-state index is 12.6. The van der Waals surface area contributed by atoms with Crippen LogP contribution in [-0.4, -0.2) is 24.5 Å². The second-order valence-electron chi connectivity index (χ2n) is 3.55. The highest BCUT2D eigenvalue weighted by Crippen LogP contribution is 2.29. The zero-order valence-corrected chi connectivity index (χ0v) is 9.96. The highest BCUT2D eigenvalue weighted by molar-refractivity contribution is 7.80. The molecule has 9 heteroatoms. The van der Waals surface area contributed by atoms with Crippen molar-refractivity contribution in [3.63, 3.8) is 0 Å². The maximum absolute atomic E-state index is 12.6. The zero-order chi connectivity index (χ0) is 13.5. The molecular formula is C9H8F3N5S. The number of aromatic nitrogens is 4. The van der Waals surface area contributed by atoms with E-state index < -0.39 is 11.9 Å². The number of thiocarbonyl (C=S) groups is 1. The molecule has 0 aliphatic heterocycles. The molecule has 0 unspecified atom stereocenters. The number of nitrogens with zero attached hydrogens (tertiary/aromatic N) is 4. The fourth-order valence-corrected chi connectivity index (χ4v) is 1.51. The Morgan fingerprint density at radius 2 is 2.11 bits per heavy atom. The summed E-state index contributed by atoms with van der Waals surface area (Å²) >= 11 is 4.73. The van der Waals surface area contributed by atoms with E-state index in [-0.39, 0.29) is 10.8 Å². The Labute approximate surface area is 105 Å². The minimum absolute atomic E-state index is 0.0484. The largest absolute Gasteiger partial charge is 0.433 e. The molecule has 0 aliphatic rings. The van der Waals surface area contributed by atoms with Crippen LogP contribution in [-0.2, 0) is 13.2 Å². The molecule has 0 saturated carbocycles. The van der Waals surface area contributed by atoms with Crippen LogP contribution in [0, 0.1) is 0 Å². The van der Waals surface area contributed by atoms with Crippen molar-refractivity contribution in [3.05, 3.63) is 29.7 Å². The monoisotopic (exact) mass is 275 g/mol. The molecule has 2 rings (SSSR count). The van der Waals surface area contributed by atoms with Crippen LogP contribution >= 0.6 is 12.2 Å². The van der Waals surface area contributed by atoms with Gasteiger partial charge in [-0.3, -0.25) is 4.68 Å². The molecular weight excluding hydrogens is 267 g/mol. The Balaban J connectivity index is 2.42. The number of alkyl halides is 3. The van der Waals surface area contributed by atoms with E-state index >= 15 is 0 Å². The van der Waals surface area contributed by atoms with Gasteiger partial charge in [0.2, 0.25) is 0 Å². The first-order valence-corrected chi connectivity index (χ1v) is 5.16. The van der Waals surface area contributed by atoms with Gasteiger partial charge in [0.15, 0.2) is 5.82 Å². The van der Waals surface area contributed by atoms with E-state index in [1.54, 1.807) is 0 Å². The van der Waals surface area contributed by atoms with Crippen molar-refractivity contribution in [2.24, 2.45) is 12.8 Å². The van der Waals surface area contributed by atoms with Crippen molar-refractivity contribution in [2.75, 3.05) is 0 Å². The third kappa shape index (κ3) is 2.21. The van der Waals surface area contributed by atoms with Crippen molar-refractivity contribution >= 4 is 17.2 Å². The predicted molar refractivity (Wildman–Crippen MR) is 61.2 cm³/mol. The molecule has 0 aliphatic carbocycles. The average molecular weight is 275 g/mol. The number of aryl methyl sites for hydroxylation is 1. The lowest BCUT2D eigenvalue weighted by molar-refractivity contribution is -0.143. The Hall–Kier alpha value is -1.90. The number of nitrogens with two attached hydrogens (primary N) is 1. The van der Waals surface area contributed by atoms with E-state index in [9.17, 15) is 13.2 Å². The van der Waals surface area contributed by atoms with E-state index in [0.29, 0.717) is 5.56 Å². The number of hydrogen-bond donors (Lipinski definition) is 1. The fraction of sp³-hybridized carbons (Fsp3) is 0.222. The van der Waals surface area contributed by atoms with Gasteiger partial charge in [-0.15, -0.1) is 0 Å². The summed E-state index contributed by atoms with van der Waals surface area (Å²) in [6.07, 6.45) is -1.67. The lowest BCUT2D eigenvalue weighted by Crippen LogP contribution is -2.11. The minimum Gasteiger partial charge on any atom is -0.389 e. The van der Waals surface area contributed by atoms with Gasteiger partial charge in [0.25, 0.3) is 0 Å². The SMILES string of the molecule is Cn1nc(-n2cc(C(N)=S)cn2)cc1C(F)(F)F. The van der Waals surface area contributed by atoms with Gasteiger partial charge in [0.05, 0.1) is 6.20 Å². The van der Waals surface area contributed by atoms with Gasteiger partial charge in [-0.2, -0.15) is 23.4 Å². The van der Waals surface area contributed by atoms with Crippen LogP contribution in [0.25, 0.3) is 5.82 Å². The van der Waals surface area contributed by atoms with Crippen molar-refractivity contribution in [1.82, 2.24) is 19.6 Å². The first kappa shape index (κ1) is 12.6. The Kier molecular flexibility index (Phi) is 2.85. The second kappa shape index (κ2) is 4.09. The molecule has 0 fully saturated rings. The van der Waals surface area contributed by atoms with Crippen LogP contribution in [0.15, 0.2) is 18.5 Å². The minimum atomic E-state index is -4.46. The summed E-state index contributed by atoms with van der Waals surface area (Å²) in [5.74, 6) is 0.0484. The van der Waals surface area contributed by atoms with E-state index in [1.165, 1.54) is 24.1 Å². The van der Waals surface area contributed by atoms with E-state index in [0.717, 1.165) is 10.7 Å². The van der Waals surface area contributed by atoms with Crippen LogP contribution in [0.1, 0.15) is 11.3 Å². The van der Waals surface area contributed by atoms with Gasteiger partial charge in [-0.1, -0.05) is 12.2 Å². The predicted octanol–water partition coefficient (Wildman–Crippen LogP) is 1.26. The molecule has 0 bridgehead atoms. The molecule has 2 aromatic heterocycles. The summed E-state index contributed by atoms with van der Waals surface area (Å²) in [5, 5.41) is 7.58. The average Bonchev–Trinajstić information content (AvgIpc) is 2.81. The van der Waals surface area contributed by atoms with E-state index in [1.807, 2.05) is 0 Å². The number of halogens is 3. The summed E-state index contributed by atoms with van der Waals surface area (Å²) in [6.45, 7) is 0. The lowest BCUT2D eigenvalue weighted by Gasteiger charge is -2.04. The van der Waals surface area contributed by atoms with Gasteiger partial charge < -0.3 is 5.73 Å². The standard InChI is InChI=1S/C9H8F3N5S/c1-16-6(9(10,11)12)2-7(15-16)17-4-5(3-14-17)8(13)18/h2-4H,1H3,(H2,13,18). The van der Waals surface area contributed by atoms with Crippen LogP contribution in [0.5, 0.6) is 0 Å². The zero-order valence-electron chi connectivity index (χ0n) is 9.14. The summed E-state index contributed by atoms with van der Waals surface area (Å²) < 4.78 is 39.7. The Morgan fingerprint density at radius 3 is 2.56 bits per heavy atom. The molecule has 0 radical (unpaired) electrons. The molecule has 0 atom stereocenters. The molecule has 0 aromatic carbocycles. The lowest BCUT2D eigenvalue weighted by atomic mass is 10.4. The van der Waals surface area contributed by atoms with Gasteiger partial charge >= 0.3 is 6.18 Å². The normalized spacial score (nSPS) is 11.8. The van der Waals surface area contributed by atoms with Crippen LogP contribution in [0.4, 0.5) is 13.2 Å². The van der Waals surface area contributed by atoms with Crippen molar-refractivity contribution in [3.8, 4) is 5.82 Å². The van der Waals surface area contributed by atoms with E-state index in [2.05, 4.69) is 10.2 Å². The smallest absolute Gasteiger partial charge is 0.389 e. The third-order valence-electron chi connectivity index (χ3n) is 2.26. The Bertz CT molecular complexity index is 598. The fourth-order valence-electron chi connectivity index (χ4n) is 1.40. The molecule has 0 spiro atoms. The molecule has 2 heterocycles. The molecule has 5 nitrogen and oxygen atoms in total. The van der Waals surface area contributed by atoms with Gasteiger partial charge in [-0.05, 0) is 0 Å². The summed E-state index contributed by atoms with van der Waals surface area (Å²) in [4.78, 5) is 0.119. The molecule has 0 saturated heterocycles. The highest BCUT2D eigenvalue weighted by Gasteiger charge is 2.35. The van der Waals surface area contributed by atoms with Gasteiger partial charge in [0, 0.05) is 24.9 Å². The quantitative estimate of drug-likeness (QED) is 0.838. The van der Waals surface area contributed by atoms with Gasteiger partial charge in [-0.25, -0.2) is 4.68 Å². The molecule has 2 N–H and O–H groups in total. The molecule has 96 valence electrons. The van der Waals surface area contributed by atoms with Crippen molar-refractivity contribution in [2.45, 2.75) is 6.18 Å². The van der Waals surface area contributed by atoms with Gasteiger partial charge in [0.1, 0.15) is 10.7 Å². The summed E-state index contributed by atoms with van der Waals surface area (Å²) in [5.41, 5.74) is 4.99. The second-order valence-corrected chi connectivity index (χ2v) is 3.99. The van der Waals surface area contributed by atoms with E-state index in [4.69, 9.17) is 18.0 Å². The Morgan fingerprint density at radius 1 is 1.44 bits per heavy atom. The number of rotatable bonds is 2. The van der Waals surface area contributed by atoms with Crippen LogP contribution in [0.2, 0.25) is 0 Å². The molecule has 18 heavy (non-hydrogen) atoms. The molecule has 2 aromatic rings. The van der Waals surface area contributed by atoms with Crippen LogP contribution in [0.3, 0.4) is 0 Å². The topological polar surface area (TPSA) is 61.7 Å². The first-order valence-electron chi connectivity index (χ1n) is 4.75. The summed E-state index contributed by atoms with van der Waals surface area (Å²) in [6, 6.07) is 0.899. The third-order valence-corrected chi connectivity index (χ3v) is 2.49. The molecule has 0 amide bonds. The van der Waals surface area contributed by atoms with Crippen molar-refractivity contribution < 1.29 is 13.2 Å². The number of hydrogen-bond acceptors (Lipinski definition) is 3. The highest BCUT2D eigenvalue weighted by atomic mass is 32.1.